The maximum atomic E-state index is 13.5. The van der Waals surface area contributed by atoms with Gasteiger partial charge in [-0.1, -0.05) is 54.6 Å². The minimum absolute atomic E-state index is 0.112. The lowest BCUT2D eigenvalue weighted by Crippen LogP contribution is -2.48. The van der Waals surface area contributed by atoms with Crippen LogP contribution >= 0.6 is 0 Å². The van der Waals surface area contributed by atoms with E-state index in [0.29, 0.717) is 0 Å². The van der Waals surface area contributed by atoms with Crippen LogP contribution in [-0.4, -0.2) is 58.3 Å². The summed E-state index contributed by atoms with van der Waals surface area (Å²) < 4.78 is 7.54. The van der Waals surface area contributed by atoms with Gasteiger partial charge >= 0.3 is 0 Å². The van der Waals surface area contributed by atoms with Gasteiger partial charge < -0.3 is 9.64 Å². The van der Waals surface area contributed by atoms with Crippen LogP contribution in [0, 0.1) is 0 Å². The number of nitrogens with zero attached hydrogens (tertiary/aromatic N) is 4. The first-order chi connectivity index (χ1) is 17.7. The maximum absolute atomic E-state index is 13.5. The van der Waals surface area contributed by atoms with Crippen molar-refractivity contribution in [2.75, 3.05) is 32.8 Å². The summed E-state index contributed by atoms with van der Waals surface area (Å²) in [4.78, 5) is 18.0. The molecule has 0 atom stereocenters. The second-order valence-electron chi connectivity index (χ2n) is 9.56. The summed E-state index contributed by atoms with van der Waals surface area (Å²) in [5, 5.41) is 4.28. The highest BCUT2D eigenvalue weighted by Crippen LogP contribution is 2.28. The summed E-state index contributed by atoms with van der Waals surface area (Å²) in [6.07, 6.45) is 4.75. The second kappa shape index (κ2) is 9.99. The highest BCUT2D eigenvalue weighted by Gasteiger charge is 2.24. The Bertz CT molecular complexity index is 1340. The van der Waals surface area contributed by atoms with E-state index >= 15 is 0 Å². The van der Waals surface area contributed by atoms with Crippen molar-refractivity contribution in [3.8, 4) is 16.9 Å². The lowest BCUT2D eigenvalue weighted by atomic mass is 9.97. The monoisotopic (exact) mass is 478 g/mol. The van der Waals surface area contributed by atoms with Crippen molar-refractivity contribution in [2.45, 2.75) is 19.5 Å². The van der Waals surface area contributed by atoms with Crippen LogP contribution < -0.4 is 4.74 Å². The zero-order valence-electron chi connectivity index (χ0n) is 20.3. The molecule has 6 rings (SSSR count). The molecule has 0 aliphatic carbocycles. The third-order valence-electron chi connectivity index (χ3n) is 7.15. The molecule has 36 heavy (non-hydrogen) atoms. The molecule has 6 nitrogen and oxygen atoms in total. The van der Waals surface area contributed by atoms with Gasteiger partial charge in [0.25, 0.3) is 5.91 Å². The van der Waals surface area contributed by atoms with E-state index in [4.69, 9.17) is 4.74 Å². The molecule has 0 unspecified atom stereocenters. The van der Waals surface area contributed by atoms with Gasteiger partial charge in [-0.25, -0.2) is 0 Å². The molecule has 0 radical (unpaired) electrons. The fourth-order valence-corrected chi connectivity index (χ4v) is 5.17. The van der Waals surface area contributed by atoms with Crippen LogP contribution in [0.5, 0.6) is 5.75 Å². The summed E-state index contributed by atoms with van der Waals surface area (Å²) >= 11 is 0. The molecule has 1 amide bonds. The largest absolute Gasteiger partial charge is 0.493 e. The number of hydrogen-bond donors (Lipinski definition) is 0. The zero-order chi connectivity index (χ0) is 24.3. The molecule has 1 saturated heterocycles. The fraction of sp³-hybridized carbons (Fsp3) is 0.267. The number of fused-ring (bicyclic) bond motifs is 1. The van der Waals surface area contributed by atoms with E-state index in [2.05, 4.69) is 52.5 Å². The molecule has 1 aromatic heterocycles. The number of benzene rings is 3. The summed E-state index contributed by atoms with van der Waals surface area (Å²) in [5.74, 6) is 1.14. The number of carbonyl (C=O) groups excluding carboxylic acids is 1. The lowest BCUT2D eigenvalue weighted by molar-refractivity contribution is 0.0629. The Morgan fingerprint density at radius 2 is 1.67 bits per heavy atom. The summed E-state index contributed by atoms with van der Waals surface area (Å²) in [6, 6.07) is 24.8. The number of ether oxygens (including phenoxy) is 1. The summed E-state index contributed by atoms with van der Waals surface area (Å²) in [6.45, 7) is 5.67. The van der Waals surface area contributed by atoms with Gasteiger partial charge in [-0.2, -0.15) is 5.10 Å². The molecule has 182 valence electrons. The molecule has 2 aliphatic heterocycles. The number of rotatable bonds is 6. The molecule has 0 N–H and O–H groups in total. The van der Waals surface area contributed by atoms with Gasteiger partial charge in [0, 0.05) is 57.1 Å². The van der Waals surface area contributed by atoms with E-state index < -0.39 is 0 Å². The Morgan fingerprint density at radius 3 is 2.47 bits per heavy atom. The van der Waals surface area contributed by atoms with Gasteiger partial charge in [0.05, 0.1) is 13.2 Å². The van der Waals surface area contributed by atoms with E-state index in [-0.39, 0.29) is 5.91 Å². The smallest absolute Gasteiger partial charge is 0.254 e. The Labute approximate surface area is 211 Å². The Hall–Kier alpha value is -3.90. The number of amides is 1. The molecule has 2 aliphatic rings. The van der Waals surface area contributed by atoms with Crippen LogP contribution in [0.1, 0.15) is 27.0 Å². The highest BCUT2D eigenvalue weighted by atomic mass is 16.5. The predicted octanol–water partition coefficient (Wildman–Crippen LogP) is 4.49. The van der Waals surface area contributed by atoms with Gasteiger partial charge in [0.15, 0.2) is 0 Å². The first-order valence-electron chi connectivity index (χ1n) is 12.6. The van der Waals surface area contributed by atoms with Crippen molar-refractivity contribution in [1.82, 2.24) is 19.6 Å². The van der Waals surface area contributed by atoms with Crippen LogP contribution in [0.2, 0.25) is 0 Å². The standard InChI is InChI=1S/C30H30N4O2/c35-30(33-17-15-32(16-18-33)21-24-8-11-29-26(20-24)12-19-36-29)28-5-2-1-4-27(28)25-9-6-23(7-10-25)22-34-14-3-13-31-34/h1-11,13-14,20H,12,15-19,21-22H2. The minimum Gasteiger partial charge on any atom is -0.493 e. The van der Waals surface area contributed by atoms with Gasteiger partial charge in [0.2, 0.25) is 0 Å². The number of aromatic nitrogens is 2. The van der Waals surface area contributed by atoms with Gasteiger partial charge in [-0.15, -0.1) is 0 Å². The number of hydrogen-bond acceptors (Lipinski definition) is 4. The molecule has 1 fully saturated rings. The van der Waals surface area contributed by atoms with Gasteiger partial charge in [0.1, 0.15) is 5.75 Å². The van der Waals surface area contributed by atoms with E-state index in [1.54, 1.807) is 6.20 Å². The van der Waals surface area contributed by atoms with Crippen LogP contribution in [-0.2, 0) is 19.5 Å². The minimum atomic E-state index is 0.112. The van der Waals surface area contributed by atoms with Crippen molar-refractivity contribution >= 4 is 5.91 Å². The third-order valence-corrected chi connectivity index (χ3v) is 7.15. The Kier molecular flexibility index (Phi) is 6.26. The fourth-order valence-electron chi connectivity index (χ4n) is 5.17. The first-order valence-corrected chi connectivity index (χ1v) is 12.6. The van der Waals surface area contributed by atoms with Crippen molar-refractivity contribution in [2.24, 2.45) is 0 Å². The van der Waals surface area contributed by atoms with Crippen LogP contribution in [0.25, 0.3) is 11.1 Å². The molecule has 6 heteroatoms. The molecule has 3 heterocycles. The molecule has 0 saturated carbocycles. The van der Waals surface area contributed by atoms with E-state index in [1.165, 1.54) is 16.7 Å². The quantitative estimate of drug-likeness (QED) is 0.410. The first kappa shape index (κ1) is 22.6. The topological polar surface area (TPSA) is 50.6 Å². The molecule has 0 bridgehead atoms. The van der Waals surface area contributed by atoms with Crippen molar-refractivity contribution in [3.05, 3.63) is 107 Å². The summed E-state index contributed by atoms with van der Waals surface area (Å²) in [7, 11) is 0. The number of piperazine rings is 1. The van der Waals surface area contributed by atoms with Gasteiger partial charge in [-0.05, 0) is 46.0 Å². The van der Waals surface area contributed by atoms with Crippen molar-refractivity contribution < 1.29 is 9.53 Å². The number of carbonyl (C=O) groups is 1. The van der Waals surface area contributed by atoms with E-state index in [9.17, 15) is 4.79 Å². The molecule has 3 aromatic carbocycles. The zero-order valence-corrected chi connectivity index (χ0v) is 20.3. The lowest BCUT2D eigenvalue weighted by Gasteiger charge is -2.35. The predicted molar refractivity (Wildman–Crippen MR) is 140 cm³/mol. The molecule has 0 spiro atoms. The Balaban J connectivity index is 1.11. The van der Waals surface area contributed by atoms with Crippen molar-refractivity contribution in [3.63, 3.8) is 0 Å². The SMILES string of the molecule is O=C(c1ccccc1-c1ccc(Cn2cccn2)cc1)N1CCN(Cc2ccc3c(c2)CCO3)CC1. The summed E-state index contributed by atoms with van der Waals surface area (Å²) in [5.41, 5.74) is 6.62. The second-order valence-corrected chi connectivity index (χ2v) is 9.56. The average molecular weight is 479 g/mol. The maximum Gasteiger partial charge on any atom is 0.254 e. The van der Waals surface area contributed by atoms with Gasteiger partial charge in [-0.3, -0.25) is 14.4 Å². The van der Waals surface area contributed by atoms with E-state index in [0.717, 1.165) is 74.7 Å². The highest BCUT2D eigenvalue weighted by molar-refractivity contribution is 6.01. The van der Waals surface area contributed by atoms with Crippen LogP contribution in [0.3, 0.4) is 0 Å². The van der Waals surface area contributed by atoms with Crippen molar-refractivity contribution in [1.29, 1.82) is 0 Å². The molecular formula is C30H30N4O2. The normalized spacial score (nSPS) is 15.5. The third kappa shape index (κ3) is 4.77. The Morgan fingerprint density at radius 1 is 0.861 bits per heavy atom. The van der Waals surface area contributed by atoms with Crippen LogP contribution in [0.15, 0.2) is 85.2 Å². The van der Waals surface area contributed by atoms with E-state index in [1.807, 2.05) is 46.1 Å². The molecule has 4 aromatic rings. The van der Waals surface area contributed by atoms with Crippen LogP contribution in [0.4, 0.5) is 0 Å². The average Bonchev–Trinajstić information content (AvgIpc) is 3.61. The molecular weight excluding hydrogens is 448 g/mol.